The molecule has 0 radical (unpaired) electrons. The van der Waals surface area contributed by atoms with E-state index in [9.17, 15) is 12.6 Å². The summed E-state index contributed by atoms with van der Waals surface area (Å²) in [5.41, 5.74) is 12.7. The van der Waals surface area contributed by atoms with Crippen molar-refractivity contribution < 1.29 is 12.6 Å². The highest BCUT2D eigenvalue weighted by Gasteiger charge is 2.24. The SMILES string of the molecule is CCS(=O)(=O)c1ccc(C)nc1-c1nc2cc(C)cnc2n1C.CCS(=O)c1ccc(C)nc1-c1nc2cc(C)cnc2n1C.CCSc1ccc(C)nc1-c1nc2cc(C)cnc2n1C. The van der Waals surface area contributed by atoms with Crippen LogP contribution in [0.15, 0.2) is 87.9 Å². The summed E-state index contributed by atoms with van der Waals surface area (Å²) in [5.74, 6) is 3.68. The number of fused-ring (bicyclic) bond motifs is 3. The van der Waals surface area contributed by atoms with Gasteiger partial charge in [-0.05, 0) is 119 Å². The fourth-order valence-corrected chi connectivity index (χ4v) is 9.95. The second-order valence-corrected chi connectivity index (χ2v) is 21.2. The van der Waals surface area contributed by atoms with Gasteiger partial charge < -0.3 is 13.7 Å². The third-order valence-electron chi connectivity index (χ3n) is 10.7. The van der Waals surface area contributed by atoms with Crippen molar-refractivity contribution in [2.24, 2.45) is 21.1 Å². The fraction of sp³-hybridized carbons (Fsp3) is 0.312. The van der Waals surface area contributed by atoms with Gasteiger partial charge in [0, 0.05) is 67.5 Å². The molecule has 0 aliphatic heterocycles. The van der Waals surface area contributed by atoms with Crippen LogP contribution in [-0.2, 0) is 41.8 Å². The highest BCUT2D eigenvalue weighted by molar-refractivity contribution is 7.99. The molecule has 0 bridgehead atoms. The molecular weight excluding hydrogens is 889 g/mol. The minimum atomic E-state index is -3.39. The van der Waals surface area contributed by atoms with Crippen LogP contribution in [0.2, 0.25) is 0 Å². The van der Waals surface area contributed by atoms with E-state index < -0.39 is 20.6 Å². The van der Waals surface area contributed by atoms with Crippen molar-refractivity contribution in [1.82, 2.24) is 58.6 Å². The number of hydrogen-bond acceptors (Lipinski definition) is 13. The fourth-order valence-electron chi connectivity index (χ4n) is 7.30. The van der Waals surface area contributed by atoms with Gasteiger partial charge in [-0.25, -0.2) is 53.3 Å². The Kier molecular flexibility index (Phi) is 14.2. The summed E-state index contributed by atoms with van der Waals surface area (Å²) in [6, 6.07) is 17.2. The molecule has 9 aromatic heterocycles. The van der Waals surface area contributed by atoms with Crippen LogP contribution in [0, 0.1) is 41.5 Å². The maximum Gasteiger partial charge on any atom is 0.180 e. The van der Waals surface area contributed by atoms with Gasteiger partial charge in [-0.15, -0.1) is 11.8 Å². The Labute approximate surface area is 392 Å². The molecular formula is C48H54N12O3S3. The van der Waals surface area contributed by atoms with Crippen LogP contribution < -0.4 is 0 Å². The molecule has 0 spiro atoms. The van der Waals surface area contributed by atoms with Crippen molar-refractivity contribution in [3.63, 3.8) is 0 Å². The lowest BCUT2D eigenvalue weighted by molar-refractivity contribution is 0.597. The monoisotopic (exact) mass is 942 g/mol. The van der Waals surface area contributed by atoms with E-state index >= 15 is 0 Å². The van der Waals surface area contributed by atoms with Crippen LogP contribution >= 0.6 is 11.8 Å². The Balaban J connectivity index is 0.000000147. The van der Waals surface area contributed by atoms with Crippen molar-refractivity contribution >= 4 is 65.9 Å². The average Bonchev–Trinajstić information content (AvgIpc) is 3.92. The number of aryl methyl sites for hydroxylation is 9. The first kappa shape index (κ1) is 47.7. The standard InChI is InChI=1S/C16H18N4O2S.C16H18N4OS.C16H18N4S/c1-5-23(21,22)13-7-6-11(3)18-14(13)16-19-12-8-10(2)9-17-15(12)20(16)4;1-5-22(21)13-7-6-11(3)18-14(13)16-19-12-8-10(2)9-17-15(12)20(16)4;1-5-21-13-7-6-11(3)18-14(13)16-19-12-8-10(2)9-17-15(12)20(16)4/h6-9H,5H2,1-4H3;6-9H,5H2,1-4H3;6-9H,5H2,1-4H3. The van der Waals surface area contributed by atoms with E-state index in [1.165, 1.54) is 4.90 Å². The van der Waals surface area contributed by atoms with Crippen LogP contribution in [0.5, 0.6) is 0 Å². The minimum Gasteiger partial charge on any atom is -0.310 e. The summed E-state index contributed by atoms with van der Waals surface area (Å²) in [4.78, 5) is 43.1. The van der Waals surface area contributed by atoms with E-state index in [2.05, 4.69) is 53.9 Å². The summed E-state index contributed by atoms with van der Waals surface area (Å²) in [6.45, 7) is 17.4. The van der Waals surface area contributed by atoms with E-state index in [0.29, 0.717) is 34.4 Å². The second kappa shape index (κ2) is 19.7. The van der Waals surface area contributed by atoms with E-state index in [1.807, 2.05) is 121 Å². The van der Waals surface area contributed by atoms with Crippen molar-refractivity contribution in [3.05, 3.63) is 107 Å². The normalized spacial score (nSPS) is 12.0. The molecule has 0 saturated heterocycles. The molecule has 9 heterocycles. The largest absolute Gasteiger partial charge is 0.310 e. The zero-order chi connectivity index (χ0) is 47.6. The number of thioether (sulfide) groups is 1. The third kappa shape index (κ3) is 9.81. The van der Waals surface area contributed by atoms with Crippen molar-refractivity contribution in [2.75, 3.05) is 17.3 Å². The number of aromatic nitrogens is 12. The molecule has 1 atom stereocenters. The number of sulfone groups is 1. The van der Waals surface area contributed by atoms with Crippen LogP contribution in [0.4, 0.5) is 0 Å². The molecule has 18 heteroatoms. The highest BCUT2D eigenvalue weighted by Crippen LogP contribution is 2.32. The molecule has 0 fully saturated rings. The lowest BCUT2D eigenvalue weighted by atomic mass is 10.3. The van der Waals surface area contributed by atoms with Crippen LogP contribution in [0.1, 0.15) is 54.5 Å². The van der Waals surface area contributed by atoms with Crippen molar-refractivity contribution in [2.45, 2.75) is 77.0 Å². The topological polar surface area (TPSA) is 182 Å². The maximum atomic E-state index is 12.4. The van der Waals surface area contributed by atoms with Gasteiger partial charge in [0.25, 0.3) is 0 Å². The zero-order valence-corrected chi connectivity index (χ0v) is 41.8. The van der Waals surface area contributed by atoms with Crippen LogP contribution in [0.3, 0.4) is 0 Å². The quantitative estimate of drug-likeness (QED) is 0.125. The molecule has 0 aliphatic carbocycles. The molecule has 0 aliphatic rings. The molecule has 9 aromatic rings. The summed E-state index contributed by atoms with van der Waals surface area (Å²) < 4.78 is 42.8. The predicted molar refractivity (Wildman–Crippen MR) is 265 cm³/mol. The molecule has 66 heavy (non-hydrogen) atoms. The lowest BCUT2D eigenvalue weighted by Crippen LogP contribution is -2.09. The predicted octanol–water partition coefficient (Wildman–Crippen LogP) is 8.97. The van der Waals surface area contributed by atoms with Gasteiger partial charge in [0.05, 0.1) is 26.3 Å². The molecule has 15 nitrogen and oxygen atoms in total. The Morgan fingerprint density at radius 3 is 1.41 bits per heavy atom. The smallest absolute Gasteiger partial charge is 0.180 e. The van der Waals surface area contributed by atoms with Gasteiger partial charge in [-0.1, -0.05) is 20.8 Å². The molecule has 0 amide bonds. The Bertz CT molecular complexity index is 3410. The molecule has 342 valence electrons. The Morgan fingerprint density at radius 1 is 0.545 bits per heavy atom. The van der Waals surface area contributed by atoms with Gasteiger partial charge >= 0.3 is 0 Å². The molecule has 1 unspecified atom stereocenters. The Hall–Kier alpha value is -6.24. The zero-order valence-electron chi connectivity index (χ0n) is 39.4. The number of hydrogen-bond donors (Lipinski definition) is 0. The Morgan fingerprint density at radius 2 is 0.955 bits per heavy atom. The van der Waals surface area contributed by atoms with E-state index in [0.717, 1.165) is 83.8 Å². The minimum absolute atomic E-state index is 0.0199. The van der Waals surface area contributed by atoms with Crippen molar-refractivity contribution in [1.29, 1.82) is 0 Å². The number of nitrogens with zero attached hydrogens (tertiary/aromatic N) is 12. The molecule has 9 rings (SSSR count). The van der Waals surface area contributed by atoms with E-state index in [-0.39, 0.29) is 10.6 Å². The van der Waals surface area contributed by atoms with Gasteiger partial charge in [-0.2, -0.15) is 0 Å². The molecule has 0 saturated carbocycles. The van der Waals surface area contributed by atoms with Crippen LogP contribution in [0.25, 0.3) is 68.0 Å². The van der Waals surface area contributed by atoms with Crippen LogP contribution in [-0.4, -0.2) is 88.4 Å². The number of imidazole rings is 3. The van der Waals surface area contributed by atoms with E-state index in [1.54, 1.807) is 41.6 Å². The number of rotatable bonds is 9. The summed E-state index contributed by atoms with van der Waals surface area (Å²) in [7, 11) is 1.25. The third-order valence-corrected chi connectivity index (χ3v) is 14.7. The van der Waals surface area contributed by atoms with Gasteiger partial charge in [0.1, 0.15) is 33.6 Å². The highest BCUT2D eigenvalue weighted by atomic mass is 32.2. The van der Waals surface area contributed by atoms with Gasteiger partial charge in [-0.3, -0.25) is 4.21 Å². The molecule has 0 N–H and O–H groups in total. The number of pyridine rings is 6. The van der Waals surface area contributed by atoms with E-state index in [4.69, 9.17) is 9.97 Å². The summed E-state index contributed by atoms with van der Waals surface area (Å²) >= 11 is 1.79. The first-order valence-electron chi connectivity index (χ1n) is 21.5. The molecule has 0 aromatic carbocycles. The first-order valence-corrected chi connectivity index (χ1v) is 25.4. The van der Waals surface area contributed by atoms with Gasteiger partial charge in [0.15, 0.2) is 44.3 Å². The van der Waals surface area contributed by atoms with Crippen molar-refractivity contribution in [3.8, 4) is 34.6 Å². The van der Waals surface area contributed by atoms with Gasteiger partial charge in [0.2, 0.25) is 0 Å². The average molecular weight is 943 g/mol. The summed E-state index contributed by atoms with van der Waals surface area (Å²) in [6.07, 6.45) is 5.46. The summed E-state index contributed by atoms with van der Waals surface area (Å²) in [5, 5.41) is 0. The first-order chi connectivity index (χ1) is 31.4. The lowest BCUT2D eigenvalue weighted by Gasteiger charge is -2.09. The second-order valence-electron chi connectivity index (χ2n) is 15.9. The maximum absolute atomic E-state index is 12.4.